The number of hydrogen-bond donors (Lipinski definition) is 2. The third-order valence-electron chi connectivity index (χ3n) is 6.83. The zero-order chi connectivity index (χ0) is 26.5. The normalized spacial score (nSPS) is 19.5. The molecule has 0 bridgehead atoms. The Morgan fingerprint density at radius 1 is 1.08 bits per heavy atom. The first-order chi connectivity index (χ1) is 18.5. The Balaban J connectivity index is 1.36. The number of fused-ring (bicyclic) bond motifs is 1. The molecule has 2 N–H and O–H groups in total. The lowest BCUT2D eigenvalue weighted by atomic mass is 9.92. The number of rotatable bonds is 8. The molecular weight excluding hydrogens is 498 g/mol. The number of nitrogens with one attached hydrogen (secondary N) is 2. The Morgan fingerprint density at radius 2 is 1.87 bits per heavy atom. The van der Waals surface area contributed by atoms with Crippen molar-refractivity contribution in [3.63, 3.8) is 0 Å². The molecule has 2 aromatic rings. The van der Waals surface area contributed by atoms with Crippen LogP contribution in [0.4, 0.5) is 5.69 Å². The van der Waals surface area contributed by atoms with Crippen LogP contribution in [-0.2, 0) is 14.3 Å². The number of anilines is 1. The lowest BCUT2D eigenvalue weighted by Gasteiger charge is -2.36. The molecule has 0 radical (unpaired) electrons. The van der Waals surface area contributed by atoms with Crippen LogP contribution < -0.4 is 10.6 Å². The predicted octanol–water partition coefficient (Wildman–Crippen LogP) is 4.05. The minimum Gasteiger partial charge on any atom is -0.379 e. The minimum absolute atomic E-state index is 0.0455. The van der Waals surface area contributed by atoms with E-state index in [0.29, 0.717) is 17.8 Å². The Kier molecular flexibility index (Phi) is 8.26. The molecule has 5 rings (SSSR count). The summed E-state index contributed by atoms with van der Waals surface area (Å²) in [6.45, 7) is 8.57. The molecule has 9 heteroatoms. The van der Waals surface area contributed by atoms with Gasteiger partial charge in [0.05, 0.1) is 36.9 Å². The van der Waals surface area contributed by atoms with Gasteiger partial charge in [0.25, 0.3) is 5.91 Å². The first kappa shape index (κ1) is 26.2. The second-order valence-corrected chi connectivity index (χ2v) is 10.4. The number of carbonyl (C=O) groups is 2. The molecule has 8 nitrogen and oxygen atoms in total. The van der Waals surface area contributed by atoms with Crippen LogP contribution in [0.1, 0.15) is 30.5 Å². The maximum absolute atomic E-state index is 13.7. The molecule has 2 aromatic carbocycles. The smallest absolute Gasteiger partial charge is 0.255 e. The van der Waals surface area contributed by atoms with Crippen molar-refractivity contribution < 1.29 is 14.3 Å². The van der Waals surface area contributed by atoms with Gasteiger partial charge < -0.3 is 20.3 Å². The molecule has 3 aliphatic rings. The van der Waals surface area contributed by atoms with Crippen LogP contribution >= 0.6 is 11.8 Å². The molecule has 1 unspecified atom stereocenters. The van der Waals surface area contributed by atoms with Crippen molar-refractivity contribution in [1.82, 2.24) is 15.1 Å². The summed E-state index contributed by atoms with van der Waals surface area (Å²) in [7, 11) is 0. The first-order valence-electron chi connectivity index (χ1n) is 12.9. The molecule has 3 heterocycles. The van der Waals surface area contributed by atoms with E-state index in [-0.39, 0.29) is 18.2 Å². The van der Waals surface area contributed by atoms with Crippen LogP contribution in [0.2, 0.25) is 0 Å². The van der Waals surface area contributed by atoms with Crippen molar-refractivity contribution in [1.29, 1.82) is 0 Å². The second kappa shape index (κ2) is 12.0. The second-order valence-electron chi connectivity index (χ2n) is 9.61. The van der Waals surface area contributed by atoms with E-state index in [9.17, 15) is 9.59 Å². The zero-order valence-electron chi connectivity index (χ0n) is 21.8. The number of amidine groups is 1. The van der Waals surface area contributed by atoms with Gasteiger partial charge in [0.2, 0.25) is 5.91 Å². The summed E-state index contributed by atoms with van der Waals surface area (Å²) in [5, 5.41) is 8.86. The Labute approximate surface area is 227 Å². The maximum Gasteiger partial charge on any atom is 0.255 e. The van der Waals surface area contributed by atoms with Crippen molar-refractivity contribution in [3.05, 3.63) is 88.1 Å². The van der Waals surface area contributed by atoms with Crippen molar-refractivity contribution in [2.45, 2.75) is 26.3 Å². The molecule has 1 fully saturated rings. The molecule has 38 heavy (non-hydrogen) atoms. The summed E-state index contributed by atoms with van der Waals surface area (Å²) in [4.78, 5) is 35.8. The van der Waals surface area contributed by atoms with E-state index in [1.807, 2.05) is 72.7 Å². The van der Waals surface area contributed by atoms with Gasteiger partial charge in [0, 0.05) is 37.6 Å². The van der Waals surface area contributed by atoms with Crippen LogP contribution in [-0.4, -0.2) is 66.2 Å². The van der Waals surface area contributed by atoms with E-state index in [1.54, 1.807) is 0 Å². The van der Waals surface area contributed by atoms with E-state index in [1.165, 1.54) is 11.8 Å². The third kappa shape index (κ3) is 6.01. The number of amides is 2. The summed E-state index contributed by atoms with van der Waals surface area (Å²) in [6.07, 6.45) is 0.212. The van der Waals surface area contributed by atoms with Crippen molar-refractivity contribution in [2.75, 3.05) is 44.7 Å². The van der Waals surface area contributed by atoms with Crippen molar-refractivity contribution >= 4 is 34.4 Å². The fourth-order valence-electron chi connectivity index (χ4n) is 4.94. The Bertz CT molecular complexity index is 1280. The van der Waals surface area contributed by atoms with E-state index in [2.05, 4.69) is 21.6 Å². The lowest BCUT2D eigenvalue weighted by Crippen LogP contribution is -2.42. The van der Waals surface area contributed by atoms with Crippen LogP contribution in [0.3, 0.4) is 0 Å². The number of ether oxygens (including phenoxy) is 1. The van der Waals surface area contributed by atoms with Gasteiger partial charge in [-0.2, -0.15) is 0 Å². The quantitative estimate of drug-likeness (QED) is 0.535. The maximum atomic E-state index is 13.7. The van der Waals surface area contributed by atoms with E-state index in [4.69, 9.17) is 9.73 Å². The highest BCUT2D eigenvalue weighted by Crippen LogP contribution is 2.44. The summed E-state index contributed by atoms with van der Waals surface area (Å²) in [5.74, 6) is -0.245. The van der Waals surface area contributed by atoms with Crippen molar-refractivity contribution in [2.24, 2.45) is 4.99 Å². The largest absolute Gasteiger partial charge is 0.379 e. The van der Waals surface area contributed by atoms with Gasteiger partial charge in [-0.3, -0.25) is 14.5 Å². The molecule has 1 saturated heterocycles. The third-order valence-corrected chi connectivity index (χ3v) is 7.72. The van der Waals surface area contributed by atoms with Crippen LogP contribution in [0.15, 0.2) is 82.0 Å². The number of aryl methyl sites for hydroxylation is 1. The highest BCUT2D eigenvalue weighted by molar-refractivity contribution is 8.16. The van der Waals surface area contributed by atoms with Crippen LogP contribution in [0.25, 0.3) is 0 Å². The average molecular weight is 532 g/mol. The summed E-state index contributed by atoms with van der Waals surface area (Å²) in [6, 6.07) is 17.2. The Morgan fingerprint density at radius 3 is 2.63 bits per heavy atom. The molecule has 198 valence electrons. The number of nitrogens with zero attached hydrogens (tertiary/aromatic N) is 3. The SMILES string of the molecule is CC1=C(C(=O)Nc2ccccc2)C(c2cccc(C)c2)N2C(CC(=O)NCCN3CCOCC3)=CSC2=N1. The highest BCUT2D eigenvalue weighted by atomic mass is 32.2. The van der Waals surface area contributed by atoms with Gasteiger partial charge >= 0.3 is 0 Å². The fraction of sp³-hybridized carbons (Fsp3) is 0.345. The molecule has 0 aromatic heterocycles. The van der Waals surface area contributed by atoms with Gasteiger partial charge in [-0.15, -0.1) is 0 Å². The fourth-order valence-corrected chi connectivity index (χ4v) is 5.90. The number of allylic oxidation sites excluding steroid dienone is 1. The first-order valence-corrected chi connectivity index (χ1v) is 13.8. The number of carbonyl (C=O) groups excluding carboxylic acids is 2. The number of para-hydroxylation sites is 1. The molecule has 3 aliphatic heterocycles. The predicted molar refractivity (Wildman–Crippen MR) is 152 cm³/mol. The van der Waals surface area contributed by atoms with E-state index >= 15 is 0 Å². The lowest BCUT2D eigenvalue weighted by molar-refractivity contribution is -0.120. The Hall–Kier alpha value is -3.40. The van der Waals surface area contributed by atoms with Gasteiger partial charge in [0.1, 0.15) is 0 Å². The number of thioether (sulfide) groups is 1. The summed E-state index contributed by atoms with van der Waals surface area (Å²) < 4.78 is 5.40. The average Bonchev–Trinajstić information content (AvgIpc) is 3.30. The molecule has 0 aliphatic carbocycles. The van der Waals surface area contributed by atoms with E-state index in [0.717, 1.165) is 60.5 Å². The molecular formula is C29H33N5O3S. The summed E-state index contributed by atoms with van der Waals surface area (Å²) in [5.41, 5.74) is 4.89. The van der Waals surface area contributed by atoms with E-state index < -0.39 is 6.04 Å². The van der Waals surface area contributed by atoms with Gasteiger partial charge in [0.15, 0.2) is 5.17 Å². The van der Waals surface area contributed by atoms with Crippen LogP contribution in [0, 0.1) is 6.92 Å². The zero-order valence-corrected chi connectivity index (χ0v) is 22.6. The number of hydrogen-bond acceptors (Lipinski definition) is 7. The summed E-state index contributed by atoms with van der Waals surface area (Å²) >= 11 is 1.49. The number of aliphatic imine (C=N–C) groups is 1. The van der Waals surface area contributed by atoms with Gasteiger partial charge in [-0.05, 0) is 37.0 Å². The van der Waals surface area contributed by atoms with Gasteiger partial charge in [-0.25, -0.2) is 4.99 Å². The number of benzene rings is 2. The van der Waals surface area contributed by atoms with Crippen LogP contribution in [0.5, 0.6) is 0 Å². The standard InChI is InChI=1S/C29H33N5O3S/c1-20-7-6-8-22(17-20)27-26(28(36)32-23-9-4-3-5-10-23)21(2)31-29-34(27)24(19-38-29)18-25(35)30-11-12-33-13-15-37-16-14-33/h3-10,17,19,27H,11-16,18H2,1-2H3,(H,30,35)(H,32,36). The molecule has 1 atom stereocenters. The van der Waals surface area contributed by atoms with Gasteiger partial charge in [-0.1, -0.05) is 59.8 Å². The number of morpholine rings is 1. The van der Waals surface area contributed by atoms with Crippen molar-refractivity contribution in [3.8, 4) is 0 Å². The highest BCUT2D eigenvalue weighted by Gasteiger charge is 2.40. The molecule has 2 amide bonds. The topological polar surface area (TPSA) is 86.3 Å². The molecule has 0 saturated carbocycles. The molecule has 0 spiro atoms. The monoisotopic (exact) mass is 531 g/mol. The minimum atomic E-state index is -0.395.